The van der Waals surface area contributed by atoms with Gasteiger partial charge in [0.05, 0.1) is 14.2 Å². The smallest absolute Gasteiger partial charge is 0.297 e. The summed E-state index contributed by atoms with van der Waals surface area (Å²) >= 11 is 0. The fourth-order valence-electron chi connectivity index (χ4n) is 2.02. The number of benzene rings is 2. The SMILES string of the molecule is C=Cc1c(OC)cc(S(=O)(=O)OC)c2ccccc12. The second-order valence-electron chi connectivity index (χ2n) is 3.86. The lowest BCUT2D eigenvalue weighted by molar-refractivity contribution is 0.395. The first-order chi connectivity index (χ1) is 9.05. The highest BCUT2D eigenvalue weighted by atomic mass is 32.2. The minimum atomic E-state index is -3.80. The fraction of sp³-hybridized carbons (Fsp3) is 0.143. The van der Waals surface area contributed by atoms with Crippen molar-refractivity contribution < 1.29 is 17.3 Å². The number of fused-ring (bicyclic) bond motifs is 1. The van der Waals surface area contributed by atoms with E-state index >= 15 is 0 Å². The molecule has 0 amide bonds. The molecule has 0 atom stereocenters. The van der Waals surface area contributed by atoms with Crippen molar-refractivity contribution in [3.63, 3.8) is 0 Å². The molecule has 2 aromatic rings. The third-order valence-electron chi connectivity index (χ3n) is 2.92. The molecule has 100 valence electrons. The van der Waals surface area contributed by atoms with Crippen molar-refractivity contribution in [2.45, 2.75) is 4.90 Å². The van der Waals surface area contributed by atoms with Gasteiger partial charge in [-0.25, -0.2) is 0 Å². The summed E-state index contributed by atoms with van der Waals surface area (Å²) in [4.78, 5) is 0.0908. The first-order valence-corrected chi connectivity index (χ1v) is 6.98. The molecule has 0 aliphatic rings. The molecular weight excluding hydrogens is 264 g/mol. The van der Waals surface area contributed by atoms with Gasteiger partial charge in [0.1, 0.15) is 10.6 Å². The predicted octanol–water partition coefficient (Wildman–Crippen LogP) is 2.83. The van der Waals surface area contributed by atoms with Crippen molar-refractivity contribution in [2.75, 3.05) is 14.2 Å². The molecule has 0 spiro atoms. The molecule has 0 aliphatic carbocycles. The Balaban J connectivity index is 2.98. The lowest BCUT2D eigenvalue weighted by atomic mass is 10.0. The Kier molecular flexibility index (Phi) is 3.59. The molecular formula is C14H14O4S. The van der Waals surface area contributed by atoms with Crippen LogP contribution < -0.4 is 4.74 Å². The molecule has 0 bridgehead atoms. The van der Waals surface area contributed by atoms with E-state index in [0.29, 0.717) is 11.1 Å². The van der Waals surface area contributed by atoms with Gasteiger partial charge in [-0.15, -0.1) is 0 Å². The number of rotatable bonds is 4. The molecule has 4 nitrogen and oxygen atoms in total. The molecule has 0 radical (unpaired) electrons. The van der Waals surface area contributed by atoms with E-state index in [4.69, 9.17) is 4.74 Å². The van der Waals surface area contributed by atoms with Crippen LogP contribution in [0.4, 0.5) is 0 Å². The number of ether oxygens (including phenoxy) is 1. The molecule has 0 fully saturated rings. The van der Waals surface area contributed by atoms with Crippen LogP contribution in [0.5, 0.6) is 5.75 Å². The highest BCUT2D eigenvalue weighted by Crippen LogP contribution is 2.34. The van der Waals surface area contributed by atoms with Crippen LogP contribution in [0.2, 0.25) is 0 Å². The lowest BCUT2D eigenvalue weighted by Crippen LogP contribution is -2.05. The lowest BCUT2D eigenvalue weighted by Gasteiger charge is -2.13. The highest BCUT2D eigenvalue weighted by molar-refractivity contribution is 7.87. The van der Waals surface area contributed by atoms with E-state index < -0.39 is 10.1 Å². The molecule has 5 heteroatoms. The van der Waals surface area contributed by atoms with Crippen molar-refractivity contribution >= 4 is 27.0 Å². The van der Waals surface area contributed by atoms with Crippen LogP contribution in [0.15, 0.2) is 41.8 Å². The van der Waals surface area contributed by atoms with E-state index in [1.165, 1.54) is 13.2 Å². The summed E-state index contributed by atoms with van der Waals surface area (Å²) in [5.74, 6) is 0.448. The summed E-state index contributed by atoms with van der Waals surface area (Å²) in [6.45, 7) is 3.74. The maximum Gasteiger partial charge on any atom is 0.297 e. The average molecular weight is 278 g/mol. The molecule has 2 rings (SSSR count). The largest absolute Gasteiger partial charge is 0.496 e. The van der Waals surface area contributed by atoms with Gasteiger partial charge in [0.2, 0.25) is 0 Å². The third-order valence-corrected chi connectivity index (χ3v) is 4.24. The van der Waals surface area contributed by atoms with Crippen LogP contribution in [0.3, 0.4) is 0 Å². The fourth-order valence-corrected chi connectivity index (χ4v) is 2.89. The summed E-state index contributed by atoms with van der Waals surface area (Å²) in [5.41, 5.74) is 0.758. The summed E-state index contributed by atoms with van der Waals surface area (Å²) < 4.78 is 33.8. The van der Waals surface area contributed by atoms with Gasteiger partial charge in [0, 0.05) is 17.0 Å². The van der Waals surface area contributed by atoms with Gasteiger partial charge in [0.15, 0.2) is 0 Å². The van der Waals surface area contributed by atoms with Crippen molar-refractivity contribution in [1.82, 2.24) is 0 Å². The third kappa shape index (κ3) is 2.22. The van der Waals surface area contributed by atoms with Crippen LogP contribution in [0.25, 0.3) is 16.8 Å². The molecule has 0 unspecified atom stereocenters. The van der Waals surface area contributed by atoms with Gasteiger partial charge in [0.25, 0.3) is 10.1 Å². The van der Waals surface area contributed by atoms with Gasteiger partial charge in [-0.1, -0.05) is 36.9 Å². The Morgan fingerprint density at radius 1 is 1.16 bits per heavy atom. The van der Waals surface area contributed by atoms with E-state index in [1.54, 1.807) is 18.2 Å². The molecule has 19 heavy (non-hydrogen) atoms. The van der Waals surface area contributed by atoms with Crippen molar-refractivity contribution in [3.8, 4) is 5.75 Å². The zero-order valence-corrected chi connectivity index (χ0v) is 11.5. The first-order valence-electron chi connectivity index (χ1n) is 5.58. The summed E-state index contributed by atoms with van der Waals surface area (Å²) in [7, 11) is -1.17. The Morgan fingerprint density at radius 2 is 1.79 bits per heavy atom. The van der Waals surface area contributed by atoms with Gasteiger partial charge >= 0.3 is 0 Å². The zero-order chi connectivity index (χ0) is 14.0. The molecule has 0 heterocycles. The second kappa shape index (κ2) is 5.03. The Hall–Kier alpha value is -1.85. The van der Waals surface area contributed by atoms with E-state index in [2.05, 4.69) is 10.8 Å². The van der Waals surface area contributed by atoms with Crippen LogP contribution in [-0.2, 0) is 14.3 Å². The van der Waals surface area contributed by atoms with E-state index in [-0.39, 0.29) is 4.90 Å². The average Bonchev–Trinajstić information content (AvgIpc) is 2.45. The Bertz CT molecular complexity index is 732. The van der Waals surface area contributed by atoms with Crippen molar-refractivity contribution in [1.29, 1.82) is 0 Å². The molecule has 0 saturated carbocycles. The van der Waals surface area contributed by atoms with Crippen LogP contribution in [0.1, 0.15) is 5.56 Å². The van der Waals surface area contributed by atoms with Crippen LogP contribution in [-0.4, -0.2) is 22.6 Å². The molecule has 2 aromatic carbocycles. The van der Waals surface area contributed by atoms with Crippen molar-refractivity contribution in [3.05, 3.63) is 42.5 Å². The van der Waals surface area contributed by atoms with Crippen LogP contribution in [0, 0.1) is 0 Å². The monoisotopic (exact) mass is 278 g/mol. The van der Waals surface area contributed by atoms with Gasteiger partial charge in [-0.2, -0.15) is 8.42 Å². The normalized spacial score (nSPS) is 11.5. The zero-order valence-electron chi connectivity index (χ0n) is 10.7. The Morgan fingerprint density at radius 3 is 2.32 bits per heavy atom. The van der Waals surface area contributed by atoms with Gasteiger partial charge in [-0.05, 0) is 5.39 Å². The predicted molar refractivity (Wildman–Crippen MR) is 74.8 cm³/mol. The van der Waals surface area contributed by atoms with E-state index in [1.807, 2.05) is 12.1 Å². The van der Waals surface area contributed by atoms with Crippen molar-refractivity contribution in [2.24, 2.45) is 0 Å². The number of methoxy groups -OCH3 is 1. The Labute approximate surface area is 112 Å². The summed E-state index contributed by atoms with van der Waals surface area (Å²) in [6.07, 6.45) is 1.64. The maximum absolute atomic E-state index is 12.0. The minimum absolute atomic E-state index is 0.0908. The second-order valence-corrected chi connectivity index (χ2v) is 5.54. The molecule has 0 aromatic heterocycles. The summed E-state index contributed by atoms with van der Waals surface area (Å²) in [6, 6.07) is 8.61. The van der Waals surface area contributed by atoms with Gasteiger partial charge < -0.3 is 4.74 Å². The van der Waals surface area contributed by atoms with Crippen LogP contribution >= 0.6 is 0 Å². The van der Waals surface area contributed by atoms with E-state index in [9.17, 15) is 8.42 Å². The van der Waals surface area contributed by atoms with E-state index in [0.717, 1.165) is 18.1 Å². The molecule has 0 N–H and O–H groups in total. The standard InChI is InChI=1S/C14H14O4S/c1-4-10-11-7-5-6-8-12(11)14(9-13(10)17-2)19(15,16)18-3/h4-9H,1H2,2-3H3. The quantitative estimate of drug-likeness (QED) is 0.807. The summed E-state index contributed by atoms with van der Waals surface area (Å²) in [5, 5.41) is 1.34. The highest BCUT2D eigenvalue weighted by Gasteiger charge is 2.20. The minimum Gasteiger partial charge on any atom is -0.496 e. The van der Waals surface area contributed by atoms with Gasteiger partial charge in [-0.3, -0.25) is 4.18 Å². The first kappa shape index (κ1) is 13.6. The molecule has 0 saturated heterocycles. The maximum atomic E-state index is 12.0. The molecule has 0 aliphatic heterocycles. The topological polar surface area (TPSA) is 52.6 Å². The number of hydrogen-bond acceptors (Lipinski definition) is 4. The number of hydrogen-bond donors (Lipinski definition) is 0.